The number of nitrogens with one attached hydrogen (secondary N) is 1. The number of carbonyl (C=O) groups excluding carboxylic acids is 1. The monoisotopic (exact) mass is 341 g/mol. The molecule has 2 aromatic rings. The molecule has 19 heavy (non-hydrogen) atoms. The number of rotatable bonds is 3. The lowest BCUT2D eigenvalue weighted by Gasteiger charge is -2.06. The molecular weight excluding hydrogens is 333 g/mol. The zero-order chi connectivity index (χ0) is 13.8. The first-order valence-corrected chi connectivity index (χ1v) is 6.71. The average Bonchev–Trinajstić information content (AvgIpc) is 2.37. The minimum atomic E-state index is -0.365. The minimum absolute atomic E-state index is 0.166. The number of hydrogen-bond acceptors (Lipinski definition) is 1. The molecule has 1 N–H and O–H groups in total. The molecule has 5 heteroatoms. The summed E-state index contributed by atoms with van der Waals surface area (Å²) in [7, 11) is 0. The third-order valence-electron chi connectivity index (χ3n) is 2.48. The van der Waals surface area contributed by atoms with Gasteiger partial charge in [0.25, 0.3) is 0 Å². The summed E-state index contributed by atoms with van der Waals surface area (Å²) in [5.74, 6) is -0.531. The third-order valence-corrected chi connectivity index (χ3v) is 3.34. The number of halogens is 3. The molecule has 0 atom stereocenters. The number of benzene rings is 2. The Hall–Kier alpha value is -1.39. The highest BCUT2D eigenvalue weighted by molar-refractivity contribution is 9.10. The predicted molar refractivity (Wildman–Crippen MR) is 77.9 cm³/mol. The van der Waals surface area contributed by atoms with Gasteiger partial charge in [0.2, 0.25) is 5.91 Å². The van der Waals surface area contributed by atoms with Crippen molar-refractivity contribution in [3.05, 3.63) is 63.3 Å². The molecule has 0 aliphatic rings. The Morgan fingerprint density at radius 3 is 2.53 bits per heavy atom. The highest BCUT2D eigenvalue weighted by atomic mass is 79.9. The van der Waals surface area contributed by atoms with E-state index in [1.165, 1.54) is 18.2 Å². The molecule has 2 rings (SSSR count). The van der Waals surface area contributed by atoms with Crippen LogP contribution in [0, 0.1) is 5.82 Å². The van der Waals surface area contributed by atoms with Crippen LogP contribution < -0.4 is 5.32 Å². The van der Waals surface area contributed by atoms with Crippen LogP contribution in [0.1, 0.15) is 5.56 Å². The Bertz CT molecular complexity index is 601. The molecule has 0 heterocycles. The van der Waals surface area contributed by atoms with Crippen LogP contribution >= 0.6 is 27.5 Å². The molecule has 0 aliphatic heterocycles. The van der Waals surface area contributed by atoms with Crippen molar-refractivity contribution in [1.82, 2.24) is 0 Å². The van der Waals surface area contributed by atoms with Crippen molar-refractivity contribution in [2.24, 2.45) is 0 Å². The number of carbonyl (C=O) groups is 1. The number of amides is 1. The van der Waals surface area contributed by atoms with E-state index < -0.39 is 0 Å². The van der Waals surface area contributed by atoms with Gasteiger partial charge in [0.15, 0.2) is 0 Å². The molecule has 0 aromatic heterocycles. The van der Waals surface area contributed by atoms with E-state index >= 15 is 0 Å². The third kappa shape index (κ3) is 4.04. The van der Waals surface area contributed by atoms with Crippen LogP contribution in [0.25, 0.3) is 0 Å². The lowest BCUT2D eigenvalue weighted by molar-refractivity contribution is -0.115. The maximum atomic E-state index is 13.0. The molecule has 2 aromatic carbocycles. The Balaban J connectivity index is 2.01. The molecular formula is C14H10BrClFNO. The Labute approximate surface area is 123 Å². The van der Waals surface area contributed by atoms with Gasteiger partial charge in [-0.25, -0.2) is 4.39 Å². The summed E-state index contributed by atoms with van der Waals surface area (Å²) >= 11 is 8.84. The molecule has 0 unspecified atom stereocenters. The van der Waals surface area contributed by atoms with Crippen LogP contribution in [-0.4, -0.2) is 5.91 Å². The SMILES string of the molecule is O=C(Cc1ccc(Cl)cc1)Nc1ccc(F)c(Br)c1. The quantitative estimate of drug-likeness (QED) is 0.879. The van der Waals surface area contributed by atoms with Gasteiger partial charge in [-0.15, -0.1) is 0 Å². The Morgan fingerprint density at radius 1 is 1.21 bits per heavy atom. The molecule has 98 valence electrons. The highest BCUT2D eigenvalue weighted by Crippen LogP contribution is 2.20. The van der Waals surface area contributed by atoms with E-state index in [4.69, 9.17) is 11.6 Å². The second kappa shape index (κ2) is 6.17. The standard InChI is InChI=1S/C14H10BrClFNO/c15-12-8-11(5-6-13(12)17)18-14(19)7-9-1-3-10(16)4-2-9/h1-6,8H,7H2,(H,18,19). The average molecular weight is 343 g/mol. The van der Waals surface area contributed by atoms with Gasteiger partial charge in [0, 0.05) is 10.7 Å². The molecule has 2 nitrogen and oxygen atoms in total. The maximum absolute atomic E-state index is 13.0. The summed E-state index contributed by atoms with van der Waals surface area (Å²) in [6.07, 6.45) is 0.242. The van der Waals surface area contributed by atoms with Crippen molar-refractivity contribution in [2.75, 3.05) is 5.32 Å². The van der Waals surface area contributed by atoms with Crippen LogP contribution in [0.3, 0.4) is 0 Å². The lowest BCUT2D eigenvalue weighted by Crippen LogP contribution is -2.14. The molecule has 0 aliphatic carbocycles. The summed E-state index contributed by atoms with van der Waals surface area (Å²) < 4.78 is 13.4. The Morgan fingerprint density at radius 2 is 1.89 bits per heavy atom. The van der Waals surface area contributed by atoms with Crippen molar-refractivity contribution in [3.8, 4) is 0 Å². The normalized spacial score (nSPS) is 10.3. The van der Waals surface area contributed by atoms with Crippen LogP contribution in [-0.2, 0) is 11.2 Å². The van der Waals surface area contributed by atoms with Crippen molar-refractivity contribution in [3.63, 3.8) is 0 Å². The molecule has 0 saturated carbocycles. The van der Waals surface area contributed by atoms with E-state index in [1.807, 2.05) is 0 Å². The van der Waals surface area contributed by atoms with Gasteiger partial charge in [-0.1, -0.05) is 23.7 Å². The van der Waals surface area contributed by atoms with Gasteiger partial charge in [-0.05, 0) is 51.8 Å². The predicted octanol–water partition coefficient (Wildman–Crippen LogP) is 4.42. The van der Waals surface area contributed by atoms with E-state index in [-0.39, 0.29) is 18.1 Å². The van der Waals surface area contributed by atoms with E-state index in [0.29, 0.717) is 15.2 Å². The topological polar surface area (TPSA) is 29.1 Å². The van der Waals surface area contributed by atoms with E-state index in [2.05, 4.69) is 21.2 Å². The minimum Gasteiger partial charge on any atom is -0.326 e. The summed E-state index contributed by atoms with van der Waals surface area (Å²) in [5, 5.41) is 3.34. The first-order chi connectivity index (χ1) is 9.04. The molecule has 0 saturated heterocycles. The molecule has 0 bridgehead atoms. The number of anilines is 1. The van der Waals surface area contributed by atoms with Gasteiger partial charge >= 0.3 is 0 Å². The second-order valence-corrected chi connectivity index (χ2v) is 5.27. The van der Waals surface area contributed by atoms with Gasteiger partial charge < -0.3 is 5.32 Å². The summed E-state index contributed by atoms with van der Waals surface area (Å²) in [4.78, 5) is 11.8. The van der Waals surface area contributed by atoms with Crippen LogP contribution in [0.4, 0.5) is 10.1 Å². The highest BCUT2D eigenvalue weighted by Gasteiger charge is 2.06. The van der Waals surface area contributed by atoms with Crippen LogP contribution in [0.15, 0.2) is 46.9 Å². The van der Waals surface area contributed by atoms with Gasteiger partial charge in [-0.3, -0.25) is 4.79 Å². The zero-order valence-corrected chi connectivity index (χ0v) is 12.1. The maximum Gasteiger partial charge on any atom is 0.228 e. The zero-order valence-electron chi connectivity index (χ0n) is 9.79. The van der Waals surface area contributed by atoms with Gasteiger partial charge in [-0.2, -0.15) is 0 Å². The first-order valence-electron chi connectivity index (χ1n) is 5.54. The van der Waals surface area contributed by atoms with Crippen LogP contribution in [0.2, 0.25) is 5.02 Å². The lowest BCUT2D eigenvalue weighted by atomic mass is 10.1. The summed E-state index contributed by atoms with van der Waals surface area (Å²) in [5.41, 5.74) is 1.41. The summed E-state index contributed by atoms with van der Waals surface area (Å²) in [6.45, 7) is 0. The molecule has 0 radical (unpaired) electrons. The van der Waals surface area contributed by atoms with Gasteiger partial charge in [0.1, 0.15) is 5.82 Å². The largest absolute Gasteiger partial charge is 0.326 e. The number of hydrogen-bond donors (Lipinski definition) is 1. The van der Waals surface area contributed by atoms with Crippen molar-refractivity contribution in [2.45, 2.75) is 6.42 Å². The van der Waals surface area contributed by atoms with E-state index in [9.17, 15) is 9.18 Å². The fraction of sp³-hybridized carbons (Fsp3) is 0.0714. The fourth-order valence-electron chi connectivity index (χ4n) is 1.57. The van der Waals surface area contributed by atoms with E-state index in [0.717, 1.165) is 5.56 Å². The second-order valence-electron chi connectivity index (χ2n) is 3.98. The van der Waals surface area contributed by atoms with Gasteiger partial charge in [0.05, 0.1) is 10.9 Å². The molecule has 0 fully saturated rings. The van der Waals surface area contributed by atoms with Crippen molar-refractivity contribution in [1.29, 1.82) is 0 Å². The van der Waals surface area contributed by atoms with Crippen molar-refractivity contribution < 1.29 is 9.18 Å². The van der Waals surface area contributed by atoms with Crippen molar-refractivity contribution >= 4 is 39.1 Å². The smallest absolute Gasteiger partial charge is 0.228 e. The van der Waals surface area contributed by atoms with Crippen LogP contribution in [0.5, 0.6) is 0 Å². The van der Waals surface area contributed by atoms with E-state index in [1.54, 1.807) is 24.3 Å². The first kappa shape index (κ1) is 14.0. The Kier molecular flexibility index (Phi) is 4.56. The fourth-order valence-corrected chi connectivity index (χ4v) is 2.07. The summed E-state index contributed by atoms with van der Waals surface area (Å²) in [6, 6.07) is 11.4. The molecule has 1 amide bonds. The molecule has 0 spiro atoms.